The van der Waals surface area contributed by atoms with Gasteiger partial charge in [-0.2, -0.15) is 10.5 Å². The molecule has 0 saturated carbocycles. The first-order valence-electron chi connectivity index (χ1n) is 7.11. The van der Waals surface area contributed by atoms with Crippen molar-refractivity contribution in [2.45, 2.75) is 0 Å². The van der Waals surface area contributed by atoms with Crippen molar-refractivity contribution < 1.29 is 14.8 Å². The molecular weight excluding hydrogens is 358 g/mol. The van der Waals surface area contributed by atoms with Gasteiger partial charge in [-0.25, -0.2) is 0 Å². The molecule has 0 unspecified atom stereocenters. The van der Waals surface area contributed by atoms with E-state index in [0.29, 0.717) is 6.07 Å². The van der Waals surface area contributed by atoms with Crippen LogP contribution in [0.4, 0.5) is 17.1 Å². The molecule has 130 valence electrons. The summed E-state index contributed by atoms with van der Waals surface area (Å²) in [6.07, 6.45) is 0. The molecule has 0 radical (unpaired) electrons. The Morgan fingerprint density at radius 3 is 1.93 bits per heavy atom. The van der Waals surface area contributed by atoms with E-state index in [9.17, 15) is 40.9 Å². The van der Waals surface area contributed by atoms with Crippen molar-refractivity contribution in [2.75, 3.05) is 0 Å². The van der Waals surface area contributed by atoms with E-state index in [-0.39, 0.29) is 27.8 Å². The second-order valence-electron chi connectivity index (χ2n) is 5.33. The summed E-state index contributed by atoms with van der Waals surface area (Å²) >= 11 is 0. The van der Waals surface area contributed by atoms with Gasteiger partial charge in [-0.3, -0.25) is 30.3 Å². The molecular formula is C16H5N5O6. The average Bonchev–Trinajstić information content (AvgIpc) is 2.96. The fourth-order valence-corrected chi connectivity index (χ4v) is 3.04. The van der Waals surface area contributed by atoms with Crippen LogP contribution in [0, 0.1) is 53.0 Å². The Kier molecular flexibility index (Phi) is 3.83. The molecule has 0 amide bonds. The van der Waals surface area contributed by atoms with Crippen LogP contribution >= 0.6 is 0 Å². The van der Waals surface area contributed by atoms with Gasteiger partial charge < -0.3 is 0 Å². The van der Waals surface area contributed by atoms with Crippen LogP contribution < -0.4 is 0 Å². The van der Waals surface area contributed by atoms with E-state index < -0.39 is 37.4 Å². The summed E-state index contributed by atoms with van der Waals surface area (Å²) in [5, 5.41) is 52.6. The zero-order chi connectivity index (χ0) is 19.9. The number of nitriles is 2. The summed E-state index contributed by atoms with van der Waals surface area (Å²) < 4.78 is 0. The van der Waals surface area contributed by atoms with E-state index >= 15 is 0 Å². The summed E-state index contributed by atoms with van der Waals surface area (Å²) in [5.74, 6) is 0. The van der Waals surface area contributed by atoms with Crippen LogP contribution in [-0.2, 0) is 0 Å². The topological polar surface area (TPSA) is 177 Å². The lowest BCUT2D eigenvalue weighted by Crippen LogP contribution is -1.98. The van der Waals surface area contributed by atoms with Crippen LogP contribution in [0.25, 0.3) is 16.7 Å². The highest BCUT2D eigenvalue weighted by atomic mass is 16.6. The first kappa shape index (κ1) is 17.2. The smallest absolute Gasteiger partial charge is 0.258 e. The lowest BCUT2D eigenvalue weighted by molar-refractivity contribution is -0.394. The summed E-state index contributed by atoms with van der Waals surface area (Å²) in [5.41, 5.74) is -2.88. The van der Waals surface area contributed by atoms with Gasteiger partial charge >= 0.3 is 0 Å². The Morgan fingerprint density at radius 1 is 0.815 bits per heavy atom. The van der Waals surface area contributed by atoms with E-state index in [0.717, 1.165) is 12.1 Å². The van der Waals surface area contributed by atoms with E-state index in [1.165, 1.54) is 12.1 Å². The molecule has 0 atom stereocenters. The Balaban J connectivity index is 2.62. The minimum atomic E-state index is -0.895. The zero-order valence-corrected chi connectivity index (χ0v) is 13.1. The van der Waals surface area contributed by atoms with Crippen molar-refractivity contribution >= 4 is 22.6 Å². The molecule has 2 aromatic rings. The minimum Gasteiger partial charge on any atom is -0.258 e. The first-order chi connectivity index (χ1) is 12.8. The maximum absolute atomic E-state index is 11.5. The van der Waals surface area contributed by atoms with Crippen molar-refractivity contribution in [1.82, 2.24) is 0 Å². The predicted molar refractivity (Wildman–Crippen MR) is 89.1 cm³/mol. The van der Waals surface area contributed by atoms with E-state index in [1.807, 2.05) is 0 Å². The van der Waals surface area contributed by atoms with Crippen LogP contribution in [-0.4, -0.2) is 14.8 Å². The zero-order valence-electron chi connectivity index (χ0n) is 13.1. The monoisotopic (exact) mass is 363 g/mol. The number of non-ortho nitro benzene ring substituents is 1. The lowest BCUT2D eigenvalue weighted by Gasteiger charge is -2.03. The van der Waals surface area contributed by atoms with Gasteiger partial charge in [0.1, 0.15) is 17.7 Å². The van der Waals surface area contributed by atoms with Gasteiger partial charge in [-0.1, -0.05) is 12.1 Å². The van der Waals surface area contributed by atoms with Gasteiger partial charge in [0.25, 0.3) is 17.1 Å². The van der Waals surface area contributed by atoms with Crippen molar-refractivity contribution in [2.24, 2.45) is 0 Å². The summed E-state index contributed by atoms with van der Waals surface area (Å²) in [6, 6.07) is 8.71. The number of benzene rings is 2. The summed E-state index contributed by atoms with van der Waals surface area (Å²) in [4.78, 5) is 31.6. The molecule has 0 aromatic heterocycles. The SMILES string of the molecule is N#CC(C#N)=C1c2cccc([N+](=O)[O-])c2-c2c1cc([N+](=O)[O-])cc2[N+](=O)[O-]. The fourth-order valence-electron chi connectivity index (χ4n) is 3.04. The largest absolute Gasteiger partial charge is 0.284 e. The van der Waals surface area contributed by atoms with Gasteiger partial charge in [0.2, 0.25) is 0 Å². The van der Waals surface area contributed by atoms with Gasteiger partial charge in [0.15, 0.2) is 0 Å². The summed E-state index contributed by atoms with van der Waals surface area (Å²) in [7, 11) is 0. The number of nitrogens with zero attached hydrogens (tertiary/aromatic N) is 5. The molecule has 11 nitrogen and oxygen atoms in total. The van der Waals surface area contributed by atoms with E-state index in [1.54, 1.807) is 12.1 Å². The molecule has 27 heavy (non-hydrogen) atoms. The summed E-state index contributed by atoms with van der Waals surface area (Å²) in [6.45, 7) is 0. The third-order valence-corrected chi connectivity index (χ3v) is 4.01. The molecule has 1 aliphatic rings. The maximum Gasteiger partial charge on any atom is 0.284 e. The van der Waals surface area contributed by atoms with E-state index in [4.69, 9.17) is 0 Å². The molecule has 0 N–H and O–H groups in total. The molecule has 1 aliphatic carbocycles. The van der Waals surface area contributed by atoms with Gasteiger partial charge in [0.05, 0.1) is 32.0 Å². The number of nitro groups is 3. The van der Waals surface area contributed by atoms with Crippen LogP contribution in [0.5, 0.6) is 0 Å². The van der Waals surface area contributed by atoms with Crippen LogP contribution in [0.15, 0.2) is 35.9 Å². The number of hydrogen-bond acceptors (Lipinski definition) is 8. The van der Waals surface area contributed by atoms with Gasteiger partial charge in [-0.05, 0) is 5.56 Å². The number of hydrogen-bond donors (Lipinski definition) is 0. The fraction of sp³-hybridized carbons (Fsp3) is 0. The molecule has 2 aromatic carbocycles. The standard InChI is InChI=1S/C16H5N5O6/c17-6-8(7-18)14-10-2-1-3-12(20(24)25)15(10)16-11(14)4-9(19(22)23)5-13(16)21(26)27/h1-5H. The molecule has 3 rings (SSSR count). The third kappa shape index (κ3) is 2.43. The lowest BCUT2D eigenvalue weighted by atomic mass is 9.98. The number of rotatable bonds is 3. The predicted octanol–water partition coefficient (Wildman–Crippen LogP) is 3.24. The first-order valence-corrected chi connectivity index (χ1v) is 7.11. The normalized spacial score (nSPS) is 11.0. The number of allylic oxidation sites excluding steroid dienone is 1. The molecule has 0 aliphatic heterocycles. The Morgan fingerprint density at radius 2 is 1.41 bits per heavy atom. The molecule has 0 bridgehead atoms. The quantitative estimate of drug-likeness (QED) is 0.386. The Hall–Kier alpha value is -4.64. The van der Waals surface area contributed by atoms with Crippen molar-refractivity contribution in [3.8, 4) is 23.3 Å². The van der Waals surface area contributed by atoms with Crippen molar-refractivity contribution in [3.63, 3.8) is 0 Å². The average molecular weight is 363 g/mol. The number of fused-ring (bicyclic) bond motifs is 3. The molecule has 0 heterocycles. The minimum absolute atomic E-state index is 0.0564. The van der Waals surface area contributed by atoms with Gasteiger partial charge in [0, 0.05) is 23.3 Å². The Labute approximate surface area is 149 Å². The van der Waals surface area contributed by atoms with Crippen LogP contribution in [0.2, 0.25) is 0 Å². The second-order valence-corrected chi connectivity index (χ2v) is 5.33. The Bertz CT molecular complexity index is 1170. The molecule has 0 saturated heterocycles. The molecule has 11 heteroatoms. The maximum atomic E-state index is 11.5. The van der Waals surface area contributed by atoms with Crippen molar-refractivity contribution in [1.29, 1.82) is 10.5 Å². The van der Waals surface area contributed by atoms with Gasteiger partial charge in [-0.15, -0.1) is 0 Å². The van der Waals surface area contributed by atoms with E-state index in [2.05, 4.69) is 0 Å². The highest BCUT2D eigenvalue weighted by Crippen LogP contribution is 2.53. The highest BCUT2D eigenvalue weighted by molar-refractivity contribution is 6.09. The number of nitro benzene ring substituents is 3. The van der Waals surface area contributed by atoms with Crippen LogP contribution in [0.1, 0.15) is 11.1 Å². The highest BCUT2D eigenvalue weighted by Gasteiger charge is 2.39. The second kappa shape index (κ2) is 6.02. The van der Waals surface area contributed by atoms with Crippen molar-refractivity contribution in [3.05, 3.63) is 77.4 Å². The third-order valence-electron chi connectivity index (χ3n) is 4.01. The molecule has 0 fully saturated rings. The molecule has 0 spiro atoms. The van der Waals surface area contributed by atoms with Crippen LogP contribution in [0.3, 0.4) is 0 Å².